The lowest BCUT2D eigenvalue weighted by Crippen LogP contribution is -2.63. The topological polar surface area (TPSA) is 565 Å². The molecular weight excluding hydrogens is 1800 g/mol. The number of imide groups is 3. The number of Topliss-reactive ketones (excluding diaryl/α,β-unsaturated/α-hetero) is 2. The molecule has 9 fully saturated rings. The number of amides is 8. The number of alkyl carbamates (subject to hydrolysis) is 2. The predicted molar refractivity (Wildman–Crippen MR) is 448 cm³/mol. The average molecular weight is 1910 g/mol. The van der Waals surface area contributed by atoms with Gasteiger partial charge in [-0.2, -0.15) is 8.62 Å². The van der Waals surface area contributed by atoms with E-state index < -0.39 is 206 Å². The summed E-state index contributed by atoms with van der Waals surface area (Å²) >= 11 is 0. The first kappa shape index (κ1) is 98.3. The molecule has 0 aromatic heterocycles. The summed E-state index contributed by atoms with van der Waals surface area (Å²) in [5, 5.41) is 28.7. The lowest BCUT2D eigenvalue weighted by atomic mass is 9.46. The summed E-state index contributed by atoms with van der Waals surface area (Å²) < 4.78 is 115. The first-order valence-corrected chi connectivity index (χ1v) is 49.3. The van der Waals surface area contributed by atoms with Crippen LogP contribution in [0.2, 0.25) is 0 Å². The van der Waals surface area contributed by atoms with Gasteiger partial charge in [-0.15, -0.1) is 5.06 Å². The molecule has 3 saturated heterocycles. The van der Waals surface area contributed by atoms with Gasteiger partial charge in [0.05, 0.1) is 44.1 Å². The highest BCUT2D eigenvalue weighted by Crippen LogP contribution is 2.73. The highest BCUT2D eigenvalue weighted by atomic mass is 31.3. The minimum absolute atomic E-state index is 0.0130. The second kappa shape index (κ2) is 38.6. The molecule has 2 aromatic rings. The summed E-state index contributed by atoms with van der Waals surface area (Å²) in [6.07, 6.45) is 13.5. The quantitative estimate of drug-likeness (QED) is 0.0195. The van der Waals surface area contributed by atoms with Crippen molar-refractivity contribution in [3.05, 3.63) is 132 Å². The molecular formula is C86H105N5O36P4. The second-order valence-corrected chi connectivity index (χ2v) is 41.6. The minimum atomic E-state index is -5.44. The third kappa shape index (κ3) is 19.5. The number of hydrogen-bond donors (Lipinski definition) is 8. The van der Waals surface area contributed by atoms with Crippen LogP contribution in [-0.4, -0.2) is 229 Å². The molecule has 22 atom stereocenters. The normalized spacial score (nSPS) is 33.8. The van der Waals surface area contributed by atoms with Crippen molar-refractivity contribution in [1.29, 1.82) is 0 Å². The predicted octanol–water partition coefficient (Wildman–Crippen LogP) is 8.01. The molecule has 0 radical (unpaired) electrons. The number of carbonyl (C=O) groups excluding carboxylic acids is 13. The van der Waals surface area contributed by atoms with E-state index in [0.717, 1.165) is 62.6 Å². The summed E-state index contributed by atoms with van der Waals surface area (Å²) in [5.41, 5.74) is -0.309. The number of aliphatic hydroxyl groups excluding tert-OH is 2. The van der Waals surface area contributed by atoms with Gasteiger partial charge < -0.3 is 73.7 Å². The Hall–Kier alpha value is -8.73. The van der Waals surface area contributed by atoms with Crippen molar-refractivity contribution in [3.63, 3.8) is 0 Å². The van der Waals surface area contributed by atoms with Gasteiger partial charge in [0.25, 0.3) is 35.4 Å². The van der Waals surface area contributed by atoms with Crippen molar-refractivity contribution >= 4 is 108 Å². The SMILES string of the molecule is CCCC1O[C@@H]2C[C@H]3[C@@H]4CCC5=CC(=O)C=C[C@]5(C)[C@H]4[C@@H](O)C[C@]3(C)[C@]2(C(=O)COP(=O)(O)OP(=O)(O)OCCNC(=O)OCC2c3ccccc3-c3ccccc32)O1.CCCC1O[C@@H]2C[C@H]3[C@@H]4CCC5=CC(=O)C=C[C@]5(C)[C@H]4[C@@H](O)C[C@]3(C)[C@]2(C(=O)COP(=O)(O)OP(=O)(O)OCCNC(=O)OCN2C(=O)C=CC2=O)O1.O=C(CCN1C(=O)C=CC1=O)ON1C(=O)CCC1=O. The maximum atomic E-state index is 14.4. The summed E-state index contributed by atoms with van der Waals surface area (Å²) in [4.78, 5) is 204. The largest absolute Gasteiger partial charge is 0.481 e. The van der Waals surface area contributed by atoms with Crippen LogP contribution < -0.4 is 10.6 Å². The van der Waals surface area contributed by atoms with Crippen LogP contribution in [0.4, 0.5) is 9.59 Å². The van der Waals surface area contributed by atoms with E-state index in [2.05, 4.69) is 28.6 Å². The fourth-order valence-electron chi connectivity index (χ4n) is 22.5. The molecule has 8 amide bonds. The average Bonchev–Trinajstić information content (AvgIpc) is 1.52. The van der Waals surface area contributed by atoms with Crippen LogP contribution in [0.5, 0.6) is 0 Å². The molecule has 8 N–H and O–H groups in total. The van der Waals surface area contributed by atoms with Crippen molar-refractivity contribution in [2.75, 3.05) is 59.4 Å². The molecule has 710 valence electrons. The fraction of sp³-hybridized carbons (Fsp3) is 0.570. The summed E-state index contributed by atoms with van der Waals surface area (Å²) in [5.74, 6) is -7.12. The Labute approximate surface area is 751 Å². The van der Waals surface area contributed by atoms with Crippen molar-refractivity contribution in [2.45, 2.75) is 192 Å². The van der Waals surface area contributed by atoms with E-state index in [-0.39, 0.29) is 105 Å². The maximum Gasteiger partial charge on any atom is 0.481 e. The van der Waals surface area contributed by atoms with Crippen LogP contribution in [0.1, 0.15) is 155 Å². The number of hydroxylamine groups is 2. The first-order chi connectivity index (χ1) is 61.9. The molecule has 0 bridgehead atoms. The van der Waals surface area contributed by atoms with Crippen LogP contribution in [0.15, 0.2) is 120 Å². The monoisotopic (exact) mass is 1910 g/mol. The van der Waals surface area contributed by atoms with Crippen molar-refractivity contribution in [2.24, 2.45) is 57.2 Å². The highest BCUT2D eigenvalue weighted by Gasteiger charge is 2.78. The van der Waals surface area contributed by atoms with Gasteiger partial charge in [-0.3, -0.25) is 70.9 Å². The fourth-order valence-corrected chi connectivity index (χ4v) is 26.6. The number of fused-ring (bicyclic) bond motifs is 17. The van der Waals surface area contributed by atoms with Crippen molar-refractivity contribution < 1.29 is 170 Å². The first-order valence-electron chi connectivity index (χ1n) is 43.3. The maximum absolute atomic E-state index is 14.4. The van der Waals surface area contributed by atoms with Crippen LogP contribution in [0.25, 0.3) is 11.1 Å². The standard InChI is InChI=1S/C42H51NO14P2.C33H44N2O16P2.C11H10N2O6/c1-4-9-37-55-36-21-33-31-15-14-25-20-26(44)16-17-40(25,2)38(31)34(45)22-41(33,3)42(36,56-37)35(46)24-54-59(50,51)57-58(48,49)53-19-18-43-39(47)52-23-32-29-12-7-5-10-27(29)28-11-6-8-13-30(28)32;1-4-5-28-49-25-15-22-21-7-6-19-14-20(36)10-11-31(19,2)29(21)23(37)16-32(22,3)33(25,50-28)24(38)17-48-53(44,45)51-52(42,43)47-13-12-34-30(41)46-18-35-26(39)8-9-27(35)40;14-7-1-2-8(15)12(7)6-5-11(18)19-13-9(16)3-4-10(13)17/h5-8,10-13,16-17,20,31-34,36-38,45H,4,9,14-15,18-19,21-24H2,1-3H3,(H,43,47)(H,48,49)(H,50,51);8-11,14,21-23,25,28-29,37H,4-7,12-13,15-18H2,1-3H3,(H,34,41)(H,42,43)(H,44,45);1-2H,3-6H2/t31-,33-,34-,36+,37?,38+,40-,41-,42+;21-,22-,23-,25+,28?,29+,31-,32-,33+;/m00./s1. The molecule has 9 aliphatic carbocycles. The highest BCUT2D eigenvalue weighted by molar-refractivity contribution is 7.61. The number of allylic oxidation sites excluding steroid dienone is 8. The van der Waals surface area contributed by atoms with E-state index >= 15 is 0 Å². The summed E-state index contributed by atoms with van der Waals surface area (Å²) in [6.45, 7) is 6.72. The van der Waals surface area contributed by atoms with Gasteiger partial charge in [-0.25, -0.2) is 37.5 Å². The van der Waals surface area contributed by atoms with E-state index in [4.69, 9.17) is 42.0 Å². The van der Waals surface area contributed by atoms with Crippen molar-refractivity contribution in [3.8, 4) is 11.1 Å². The number of benzene rings is 2. The van der Waals surface area contributed by atoms with Crippen LogP contribution in [0.3, 0.4) is 0 Å². The van der Waals surface area contributed by atoms with Gasteiger partial charge >= 0.3 is 49.4 Å². The van der Waals surface area contributed by atoms with Gasteiger partial charge in [0.2, 0.25) is 0 Å². The van der Waals surface area contributed by atoms with Gasteiger partial charge in [0, 0.05) is 96.2 Å². The molecule has 45 heteroatoms. The molecule has 0 spiro atoms. The molecule has 2 aromatic carbocycles. The van der Waals surface area contributed by atoms with Crippen molar-refractivity contribution in [1.82, 2.24) is 25.5 Å². The Bertz CT molecular complexity index is 5270. The van der Waals surface area contributed by atoms with E-state index in [1.54, 1.807) is 18.2 Å². The zero-order chi connectivity index (χ0) is 94.5. The Morgan fingerprint density at radius 1 is 0.527 bits per heavy atom. The van der Waals surface area contributed by atoms with Gasteiger partial charge in [0.15, 0.2) is 53.6 Å². The molecule has 6 saturated carbocycles. The third-order valence-electron chi connectivity index (χ3n) is 28.0. The zero-order valence-corrected chi connectivity index (χ0v) is 76.0. The lowest BCUT2D eigenvalue weighted by molar-refractivity contribution is -0.200. The zero-order valence-electron chi connectivity index (χ0n) is 72.4. The smallest absolute Gasteiger partial charge is 0.449 e. The van der Waals surface area contributed by atoms with E-state index in [1.807, 2.05) is 102 Å². The minimum Gasteiger partial charge on any atom is -0.449 e. The number of ketones is 4. The number of ether oxygens (including phenoxy) is 6. The number of nitrogens with one attached hydrogen (secondary N) is 2. The van der Waals surface area contributed by atoms with E-state index in [1.165, 1.54) is 6.08 Å². The van der Waals surface area contributed by atoms with Gasteiger partial charge in [-0.05, 0) is 134 Å². The summed E-state index contributed by atoms with van der Waals surface area (Å²) in [6, 6.07) is 15.7. The number of phosphoric acid groups is 4. The lowest BCUT2D eigenvalue weighted by Gasteiger charge is -2.59. The number of hydrogen-bond acceptors (Lipinski definition) is 32. The van der Waals surface area contributed by atoms with E-state index in [0.29, 0.717) is 74.2 Å². The Balaban J connectivity index is 0.000000177. The van der Waals surface area contributed by atoms with Crippen LogP contribution in [-0.2, 0) is 131 Å². The number of aliphatic hydroxyl groups is 2. The van der Waals surface area contributed by atoms with Gasteiger partial charge in [-0.1, -0.05) is 126 Å². The Kier molecular flexibility index (Phi) is 28.9. The van der Waals surface area contributed by atoms with Gasteiger partial charge in [0.1, 0.15) is 19.8 Å². The molecule has 5 aliphatic heterocycles. The second-order valence-electron chi connectivity index (χ2n) is 35.5. The molecule has 41 nitrogen and oxygen atoms in total. The van der Waals surface area contributed by atoms with Crippen LogP contribution >= 0.6 is 31.3 Å². The number of nitrogens with zero attached hydrogens (tertiary/aromatic N) is 3. The Morgan fingerprint density at radius 2 is 0.931 bits per heavy atom. The number of phosphoric ester groups is 4. The summed E-state index contributed by atoms with van der Waals surface area (Å²) in [7, 11) is -21.4. The molecule has 5 heterocycles. The molecule has 6 unspecified atom stereocenters. The third-order valence-corrected chi connectivity index (χ3v) is 33.3. The molecule has 14 aliphatic rings. The number of carbonyl (C=O) groups is 13. The van der Waals surface area contributed by atoms with E-state index in [9.17, 15) is 110 Å². The molecule has 16 rings (SSSR count). The molecule has 131 heavy (non-hydrogen) atoms. The number of rotatable bonds is 32. The Morgan fingerprint density at radius 3 is 1.36 bits per heavy atom. The van der Waals surface area contributed by atoms with Crippen LogP contribution in [0, 0.1) is 57.2 Å².